The number of rotatable bonds is 5. The molecular weight excluding hydrogens is 445 g/mol. The molecule has 7 heteroatoms. The molecule has 0 saturated carbocycles. The summed E-state index contributed by atoms with van der Waals surface area (Å²) in [5.74, 6) is 1.57. The minimum absolute atomic E-state index is 0.452. The molecule has 0 aliphatic carbocycles. The molecule has 0 bridgehead atoms. The zero-order chi connectivity index (χ0) is 18.7. The van der Waals surface area contributed by atoms with Crippen molar-refractivity contribution in [1.82, 2.24) is 4.98 Å². The number of benzene rings is 2. The van der Waals surface area contributed by atoms with E-state index in [4.69, 9.17) is 14.2 Å². The Labute approximate surface area is 164 Å². The lowest BCUT2D eigenvalue weighted by molar-refractivity contribution is 0.324. The Morgan fingerprint density at radius 3 is 2.31 bits per heavy atom. The molecule has 2 aromatic carbocycles. The standard InChI is InChI=1S/C19H16IN3O3/c1-24-16-7-13(8-17(25-2)19(16)26-3)23-18-11(9-21)10-22-15-5-4-12(20)6-14(15)18/h4-8,10H,1-3H3,(H,22,23). The lowest BCUT2D eigenvalue weighted by atomic mass is 10.1. The van der Waals surface area contributed by atoms with Crippen LogP contribution in [0.25, 0.3) is 10.9 Å². The number of fused-ring (bicyclic) bond motifs is 1. The number of anilines is 2. The van der Waals surface area contributed by atoms with Crippen molar-refractivity contribution in [2.24, 2.45) is 0 Å². The van der Waals surface area contributed by atoms with E-state index < -0.39 is 0 Å². The number of halogens is 1. The fraction of sp³-hybridized carbons (Fsp3) is 0.158. The lowest BCUT2D eigenvalue weighted by Crippen LogP contribution is -2.00. The van der Waals surface area contributed by atoms with Gasteiger partial charge in [-0.25, -0.2) is 0 Å². The van der Waals surface area contributed by atoms with E-state index in [-0.39, 0.29) is 0 Å². The van der Waals surface area contributed by atoms with E-state index in [0.717, 1.165) is 14.5 Å². The molecule has 1 N–H and O–H groups in total. The van der Waals surface area contributed by atoms with Crippen molar-refractivity contribution in [3.63, 3.8) is 0 Å². The molecule has 3 rings (SSSR count). The molecule has 6 nitrogen and oxygen atoms in total. The van der Waals surface area contributed by atoms with E-state index in [1.807, 2.05) is 18.2 Å². The fourth-order valence-corrected chi connectivity index (χ4v) is 3.17. The summed E-state index contributed by atoms with van der Waals surface area (Å²) in [4.78, 5) is 4.36. The third kappa shape index (κ3) is 3.32. The molecule has 26 heavy (non-hydrogen) atoms. The second kappa shape index (κ2) is 7.66. The van der Waals surface area contributed by atoms with Gasteiger partial charge in [0.15, 0.2) is 11.5 Å². The summed E-state index contributed by atoms with van der Waals surface area (Å²) >= 11 is 2.24. The minimum Gasteiger partial charge on any atom is -0.493 e. The van der Waals surface area contributed by atoms with Crippen molar-refractivity contribution in [2.45, 2.75) is 0 Å². The van der Waals surface area contributed by atoms with E-state index in [9.17, 15) is 5.26 Å². The van der Waals surface area contributed by atoms with Crippen LogP contribution in [0, 0.1) is 14.9 Å². The predicted octanol–water partition coefficient (Wildman–Crippen LogP) is 4.48. The molecule has 3 aromatic rings. The number of pyridine rings is 1. The van der Waals surface area contributed by atoms with Gasteiger partial charge in [-0.1, -0.05) is 0 Å². The smallest absolute Gasteiger partial charge is 0.203 e. The number of methoxy groups -OCH3 is 3. The first-order chi connectivity index (χ1) is 12.6. The third-order valence-corrected chi connectivity index (χ3v) is 4.56. The van der Waals surface area contributed by atoms with Crippen LogP contribution in [0.15, 0.2) is 36.5 Å². The molecule has 0 spiro atoms. The van der Waals surface area contributed by atoms with Crippen LogP contribution < -0.4 is 19.5 Å². The first-order valence-electron chi connectivity index (χ1n) is 7.66. The summed E-state index contributed by atoms with van der Waals surface area (Å²) in [6.45, 7) is 0. The Bertz CT molecular complexity index is 990. The van der Waals surface area contributed by atoms with E-state index >= 15 is 0 Å². The fourth-order valence-electron chi connectivity index (χ4n) is 2.68. The molecule has 0 radical (unpaired) electrons. The van der Waals surface area contributed by atoms with E-state index in [1.165, 1.54) is 0 Å². The first-order valence-corrected chi connectivity index (χ1v) is 8.74. The van der Waals surface area contributed by atoms with Gasteiger partial charge in [0, 0.05) is 33.0 Å². The number of nitrogens with zero attached hydrogens (tertiary/aromatic N) is 2. The summed E-state index contributed by atoms with van der Waals surface area (Å²) in [6, 6.07) is 11.7. The second-order valence-electron chi connectivity index (χ2n) is 5.36. The summed E-state index contributed by atoms with van der Waals surface area (Å²) in [7, 11) is 4.68. The average molecular weight is 461 g/mol. The van der Waals surface area contributed by atoms with Crippen molar-refractivity contribution in [1.29, 1.82) is 5.26 Å². The van der Waals surface area contributed by atoms with E-state index in [2.05, 4.69) is 39.0 Å². The Balaban J connectivity index is 2.17. The van der Waals surface area contributed by atoms with Crippen molar-refractivity contribution in [2.75, 3.05) is 26.6 Å². The van der Waals surface area contributed by atoms with Gasteiger partial charge >= 0.3 is 0 Å². The zero-order valence-electron chi connectivity index (χ0n) is 14.5. The van der Waals surface area contributed by atoms with Crippen LogP contribution in [0.5, 0.6) is 17.2 Å². The van der Waals surface area contributed by atoms with Crippen molar-refractivity contribution in [3.8, 4) is 23.3 Å². The van der Waals surface area contributed by atoms with Crippen molar-refractivity contribution >= 4 is 44.9 Å². The van der Waals surface area contributed by atoms with Gasteiger partial charge in [0.2, 0.25) is 5.75 Å². The monoisotopic (exact) mass is 461 g/mol. The van der Waals surface area contributed by atoms with Gasteiger partial charge in [-0.15, -0.1) is 0 Å². The maximum Gasteiger partial charge on any atom is 0.203 e. The maximum atomic E-state index is 9.51. The molecule has 0 amide bonds. The quantitative estimate of drug-likeness (QED) is 0.565. The molecule has 132 valence electrons. The number of nitrogens with one attached hydrogen (secondary N) is 1. The molecule has 0 aliphatic heterocycles. The Kier molecular flexibility index (Phi) is 5.32. The topological polar surface area (TPSA) is 76.4 Å². The molecule has 1 heterocycles. The third-order valence-electron chi connectivity index (χ3n) is 3.88. The van der Waals surface area contributed by atoms with Gasteiger partial charge in [-0.3, -0.25) is 4.98 Å². The highest BCUT2D eigenvalue weighted by Crippen LogP contribution is 2.41. The lowest BCUT2D eigenvalue weighted by Gasteiger charge is -2.16. The molecule has 0 fully saturated rings. The normalized spacial score (nSPS) is 10.3. The van der Waals surface area contributed by atoms with Crippen molar-refractivity contribution < 1.29 is 14.2 Å². The molecule has 0 unspecified atom stereocenters. The van der Waals surface area contributed by atoms with Crippen LogP contribution in [0.4, 0.5) is 11.4 Å². The SMILES string of the molecule is COc1cc(Nc2c(C#N)cnc3ccc(I)cc23)cc(OC)c1OC. The zero-order valence-corrected chi connectivity index (χ0v) is 16.6. The maximum absolute atomic E-state index is 9.51. The number of ether oxygens (including phenoxy) is 3. The molecule has 1 aromatic heterocycles. The summed E-state index contributed by atoms with van der Waals surface area (Å²) in [6.07, 6.45) is 1.56. The second-order valence-corrected chi connectivity index (χ2v) is 6.60. The molecular formula is C19H16IN3O3. The number of nitriles is 1. The summed E-state index contributed by atoms with van der Waals surface area (Å²) in [5, 5.41) is 13.7. The number of hydrogen-bond acceptors (Lipinski definition) is 6. The predicted molar refractivity (Wildman–Crippen MR) is 109 cm³/mol. The van der Waals surface area contributed by atoms with Gasteiger partial charge in [0.05, 0.1) is 38.1 Å². The van der Waals surface area contributed by atoms with Gasteiger partial charge in [0.25, 0.3) is 0 Å². The highest BCUT2D eigenvalue weighted by molar-refractivity contribution is 14.1. The molecule has 0 atom stereocenters. The van der Waals surface area contributed by atoms with Gasteiger partial charge in [0.1, 0.15) is 6.07 Å². The van der Waals surface area contributed by atoms with E-state index in [1.54, 1.807) is 39.7 Å². The Hall–Kier alpha value is -2.73. The van der Waals surface area contributed by atoms with Crippen LogP contribution in [-0.4, -0.2) is 26.3 Å². The summed E-state index contributed by atoms with van der Waals surface area (Å²) < 4.78 is 17.2. The molecule has 0 aliphatic rings. The van der Waals surface area contributed by atoms with E-state index in [0.29, 0.717) is 34.2 Å². The number of hydrogen-bond donors (Lipinski definition) is 1. The first kappa shape index (κ1) is 18.1. The van der Waals surface area contributed by atoms with Crippen LogP contribution in [0.3, 0.4) is 0 Å². The largest absolute Gasteiger partial charge is 0.493 e. The highest BCUT2D eigenvalue weighted by Gasteiger charge is 2.15. The Morgan fingerprint density at radius 2 is 1.73 bits per heavy atom. The van der Waals surface area contributed by atoms with Crippen LogP contribution in [0.1, 0.15) is 5.56 Å². The van der Waals surface area contributed by atoms with Gasteiger partial charge < -0.3 is 19.5 Å². The minimum atomic E-state index is 0.452. The van der Waals surface area contributed by atoms with Crippen LogP contribution >= 0.6 is 22.6 Å². The molecule has 0 saturated heterocycles. The number of aromatic nitrogens is 1. The van der Waals surface area contributed by atoms with Crippen molar-refractivity contribution in [3.05, 3.63) is 45.7 Å². The highest BCUT2D eigenvalue weighted by atomic mass is 127. The van der Waals surface area contributed by atoms with Gasteiger partial charge in [-0.2, -0.15) is 5.26 Å². The summed E-state index contributed by atoms with van der Waals surface area (Å²) in [5.41, 5.74) is 2.65. The van der Waals surface area contributed by atoms with Crippen LogP contribution in [0.2, 0.25) is 0 Å². The Morgan fingerprint density at radius 1 is 1.04 bits per heavy atom. The average Bonchev–Trinajstić information content (AvgIpc) is 2.67. The van der Waals surface area contributed by atoms with Crippen LogP contribution in [-0.2, 0) is 0 Å². The van der Waals surface area contributed by atoms with Gasteiger partial charge in [-0.05, 0) is 40.8 Å².